The molecule has 0 radical (unpaired) electrons. The molecule has 3 unspecified atom stereocenters. The van der Waals surface area contributed by atoms with Crippen LogP contribution in [-0.4, -0.2) is 69.8 Å². The second kappa shape index (κ2) is 9.72. The molecule has 2 aromatic rings. The van der Waals surface area contributed by atoms with Crippen LogP contribution in [0.4, 0.5) is 10.1 Å². The summed E-state index contributed by atoms with van der Waals surface area (Å²) in [6.07, 6.45) is 2.60. The lowest BCUT2D eigenvalue weighted by Gasteiger charge is -2.48. The number of rotatable bonds is 6. The minimum Gasteiger partial charge on any atom is -0.380 e. The van der Waals surface area contributed by atoms with Crippen molar-refractivity contribution in [2.75, 3.05) is 31.5 Å². The Labute approximate surface area is 217 Å². The summed E-state index contributed by atoms with van der Waals surface area (Å²) in [5.41, 5.74) is 1.08. The van der Waals surface area contributed by atoms with Gasteiger partial charge in [-0.15, -0.1) is 0 Å². The third-order valence-corrected chi connectivity index (χ3v) is 8.56. The molecule has 5 rings (SSSR count). The van der Waals surface area contributed by atoms with E-state index < -0.39 is 23.6 Å². The highest BCUT2D eigenvalue weighted by atomic mass is 19.1. The van der Waals surface area contributed by atoms with Gasteiger partial charge >= 0.3 is 0 Å². The fourth-order valence-electron chi connectivity index (χ4n) is 6.39. The van der Waals surface area contributed by atoms with Crippen LogP contribution in [0.25, 0.3) is 0 Å². The zero-order valence-corrected chi connectivity index (χ0v) is 21.5. The van der Waals surface area contributed by atoms with Gasteiger partial charge in [-0.25, -0.2) is 4.39 Å². The highest BCUT2D eigenvalue weighted by molar-refractivity contribution is 5.95. The van der Waals surface area contributed by atoms with Gasteiger partial charge in [0.15, 0.2) is 0 Å². The predicted octanol–water partition coefficient (Wildman–Crippen LogP) is 3.61. The average Bonchev–Trinajstić information content (AvgIpc) is 3.66. The number of nitrogens with one attached hydrogen (secondary N) is 1. The summed E-state index contributed by atoms with van der Waals surface area (Å²) in [5.74, 6) is -1.68. The van der Waals surface area contributed by atoms with Crippen LogP contribution in [-0.2, 0) is 10.2 Å². The number of hydrogen-bond acceptors (Lipinski definition) is 5. The van der Waals surface area contributed by atoms with Crippen molar-refractivity contribution in [3.05, 3.63) is 65.0 Å². The van der Waals surface area contributed by atoms with E-state index in [-0.39, 0.29) is 22.8 Å². The van der Waals surface area contributed by atoms with Crippen molar-refractivity contribution >= 4 is 17.5 Å². The van der Waals surface area contributed by atoms with Crippen molar-refractivity contribution in [2.24, 2.45) is 0 Å². The first kappa shape index (κ1) is 25.7. The standard InChI is InChI=1S/C29H36FN3O4/c1-3-11-28(4-2)21-7-5-6-8-23(21)31-25(34)24(28)19-9-10-20(22(30)18-19)26(35)32-14-16-33(17-15-32)27(36)29(37)12-13-29/h5-10,18,24-25,31,34,37H,3-4,11-17H2,1-2H3. The topological polar surface area (TPSA) is 93.1 Å². The SMILES string of the molecule is CCCC1(CC)c2ccccc2NC(O)C1c1ccc(C(=O)N2CCN(C(=O)C3(O)CC3)CC2)c(F)c1. The molecule has 0 spiro atoms. The number of piperazine rings is 1. The third kappa shape index (κ3) is 4.40. The predicted molar refractivity (Wildman–Crippen MR) is 139 cm³/mol. The molecule has 1 aliphatic carbocycles. The zero-order valence-electron chi connectivity index (χ0n) is 21.5. The number of carbonyl (C=O) groups is 2. The molecule has 3 N–H and O–H groups in total. The number of carbonyl (C=O) groups excluding carboxylic acids is 2. The number of para-hydroxylation sites is 1. The van der Waals surface area contributed by atoms with Crippen LogP contribution in [0.3, 0.4) is 0 Å². The van der Waals surface area contributed by atoms with Crippen molar-refractivity contribution < 1.29 is 24.2 Å². The van der Waals surface area contributed by atoms with Gasteiger partial charge in [0.05, 0.1) is 5.56 Å². The minimum absolute atomic E-state index is 0.0133. The average molecular weight is 510 g/mol. The second-order valence-corrected chi connectivity index (χ2v) is 10.7. The number of halogens is 1. The fraction of sp³-hybridized carbons (Fsp3) is 0.517. The fourth-order valence-corrected chi connectivity index (χ4v) is 6.39. The van der Waals surface area contributed by atoms with Crippen molar-refractivity contribution in [3.63, 3.8) is 0 Å². The van der Waals surface area contributed by atoms with Crippen LogP contribution >= 0.6 is 0 Å². The molecule has 2 fully saturated rings. The van der Waals surface area contributed by atoms with Crippen LogP contribution < -0.4 is 5.32 Å². The van der Waals surface area contributed by atoms with Gasteiger partial charge in [0.25, 0.3) is 11.8 Å². The second-order valence-electron chi connectivity index (χ2n) is 10.7. The molecule has 2 heterocycles. The summed E-state index contributed by atoms with van der Waals surface area (Å²) >= 11 is 0. The highest BCUT2D eigenvalue weighted by Gasteiger charge is 2.51. The summed E-state index contributed by atoms with van der Waals surface area (Å²) in [6.45, 7) is 5.45. The van der Waals surface area contributed by atoms with Crippen LogP contribution in [0.1, 0.15) is 73.4 Å². The van der Waals surface area contributed by atoms with E-state index in [4.69, 9.17) is 0 Å². The molecule has 37 heavy (non-hydrogen) atoms. The number of amides is 2. The Balaban J connectivity index is 1.38. The maximum atomic E-state index is 15.5. The molecule has 2 amide bonds. The molecule has 1 saturated carbocycles. The lowest BCUT2D eigenvalue weighted by molar-refractivity contribution is -0.143. The van der Waals surface area contributed by atoms with Crippen LogP contribution in [0.2, 0.25) is 0 Å². The number of nitrogens with zero attached hydrogens (tertiary/aromatic N) is 2. The van der Waals surface area contributed by atoms with E-state index in [1.54, 1.807) is 15.9 Å². The van der Waals surface area contributed by atoms with Crippen molar-refractivity contribution in [1.82, 2.24) is 9.80 Å². The lowest BCUT2D eigenvalue weighted by atomic mass is 9.60. The normalized spacial score (nSPS) is 26.3. The molecule has 2 aromatic carbocycles. The molecule has 0 aromatic heterocycles. The molecular formula is C29H36FN3O4. The summed E-state index contributed by atoms with van der Waals surface area (Å²) < 4.78 is 15.5. The van der Waals surface area contributed by atoms with Gasteiger partial charge in [-0.1, -0.05) is 44.5 Å². The van der Waals surface area contributed by atoms with Gasteiger partial charge in [-0.3, -0.25) is 9.59 Å². The van der Waals surface area contributed by atoms with Crippen molar-refractivity contribution in [3.8, 4) is 0 Å². The van der Waals surface area contributed by atoms with Crippen LogP contribution in [0, 0.1) is 5.82 Å². The Morgan fingerprint density at radius 3 is 2.35 bits per heavy atom. The molecule has 8 heteroatoms. The number of aliphatic hydroxyl groups is 2. The number of aliphatic hydroxyl groups excluding tert-OH is 1. The Morgan fingerprint density at radius 1 is 1.05 bits per heavy atom. The number of hydrogen-bond donors (Lipinski definition) is 3. The van der Waals surface area contributed by atoms with E-state index in [2.05, 4.69) is 25.2 Å². The quantitative estimate of drug-likeness (QED) is 0.553. The van der Waals surface area contributed by atoms with Gasteiger partial charge in [0.2, 0.25) is 0 Å². The van der Waals surface area contributed by atoms with E-state index in [1.165, 1.54) is 12.1 Å². The van der Waals surface area contributed by atoms with Crippen LogP contribution in [0.15, 0.2) is 42.5 Å². The van der Waals surface area contributed by atoms with E-state index in [9.17, 15) is 19.8 Å². The van der Waals surface area contributed by atoms with Gasteiger partial charge in [0, 0.05) is 43.2 Å². The molecule has 1 saturated heterocycles. The van der Waals surface area contributed by atoms with Crippen LogP contribution in [0.5, 0.6) is 0 Å². The molecule has 3 aliphatic rings. The molecule has 0 bridgehead atoms. The molecule has 7 nitrogen and oxygen atoms in total. The Morgan fingerprint density at radius 2 is 1.73 bits per heavy atom. The van der Waals surface area contributed by atoms with Gasteiger partial charge in [-0.05, 0) is 55.0 Å². The van der Waals surface area contributed by atoms with E-state index in [0.29, 0.717) is 44.6 Å². The van der Waals surface area contributed by atoms with Crippen molar-refractivity contribution in [1.29, 1.82) is 0 Å². The van der Waals surface area contributed by atoms with E-state index in [1.807, 2.05) is 18.2 Å². The number of anilines is 1. The summed E-state index contributed by atoms with van der Waals surface area (Å²) in [4.78, 5) is 28.7. The van der Waals surface area contributed by atoms with E-state index in [0.717, 1.165) is 30.5 Å². The molecule has 198 valence electrons. The maximum Gasteiger partial charge on any atom is 0.256 e. The third-order valence-electron chi connectivity index (χ3n) is 8.56. The Kier molecular flexibility index (Phi) is 6.75. The Hall–Kier alpha value is -2.97. The van der Waals surface area contributed by atoms with Gasteiger partial charge in [0.1, 0.15) is 17.6 Å². The zero-order chi connectivity index (χ0) is 26.4. The minimum atomic E-state index is -1.22. The molecule has 3 atom stereocenters. The first-order valence-corrected chi connectivity index (χ1v) is 13.4. The van der Waals surface area contributed by atoms with Gasteiger partial charge in [-0.2, -0.15) is 0 Å². The van der Waals surface area contributed by atoms with Crippen molar-refractivity contribution in [2.45, 2.75) is 69.1 Å². The first-order valence-electron chi connectivity index (χ1n) is 13.4. The monoisotopic (exact) mass is 509 g/mol. The number of benzene rings is 2. The maximum absolute atomic E-state index is 15.5. The first-order chi connectivity index (χ1) is 17.7. The lowest BCUT2D eigenvalue weighted by Crippen LogP contribution is -2.53. The largest absolute Gasteiger partial charge is 0.380 e. The summed E-state index contributed by atoms with van der Waals surface area (Å²) in [6, 6.07) is 12.7. The van der Waals surface area contributed by atoms with Gasteiger partial charge < -0.3 is 25.3 Å². The summed E-state index contributed by atoms with van der Waals surface area (Å²) in [7, 11) is 0. The molecular weight excluding hydrogens is 473 g/mol. The highest BCUT2D eigenvalue weighted by Crippen LogP contribution is 2.52. The summed E-state index contributed by atoms with van der Waals surface area (Å²) in [5, 5.41) is 24.5. The smallest absolute Gasteiger partial charge is 0.256 e. The number of fused-ring (bicyclic) bond motifs is 1. The Bertz CT molecular complexity index is 1190. The molecule has 2 aliphatic heterocycles. The van der Waals surface area contributed by atoms with E-state index >= 15 is 4.39 Å².